The Kier molecular flexibility index (Phi) is 8.26. The third-order valence-corrected chi connectivity index (χ3v) is 3.05. The van der Waals surface area contributed by atoms with Gasteiger partial charge in [0.2, 0.25) is 0 Å². The predicted molar refractivity (Wildman–Crippen MR) is 77.6 cm³/mol. The molecule has 1 aromatic rings. The second-order valence-electron chi connectivity index (χ2n) is 4.80. The highest BCUT2D eigenvalue weighted by Gasteiger charge is 2.11. The molecule has 0 saturated carbocycles. The number of unbranched alkanes of at least 4 members (excludes halogenated alkanes) is 6. The smallest absolute Gasteiger partial charge is 0.490 e. The van der Waals surface area contributed by atoms with Gasteiger partial charge in [-0.15, -0.1) is 0 Å². The topological polar surface area (TPSA) is 62.6 Å². The molecule has 0 atom stereocenters. The zero-order chi connectivity index (χ0) is 13.9. The van der Waals surface area contributed by atoms with Gasteiger partial charge >= 0.3 is 7.12 Å². The summed E-state index contributed by atoms with van der Waals surface area (Å²) in [7, 11) is -1.49. The van der Waals surface area contributed by atoms with Gasteiger partial charge in [0.25, 0.3) is 0 Å². The molecule has 0 amide bonds. The van der Waals surface area contributed by atoms with Crippen LogP contribution in [-0.2, 0) is 0 Å². The van der Waals surface area contributed by atoms with Crippen LogP contribution in [0.1, 0.15) is 51.9 Å². The van der Waals surface area contributed by atoms with E-state index in [0.717, 1.165) is 6.42 Å². The number of pyridine rings is 1. The average molecular weight is 265 g/mol. The van der Waals surface area contributed by atoms with Gasteiger partial charge in [0.05, 0.1) is 12.8 Å². The van der Waals surface area contributed by atoms with Gasteiger partial charge < -0.3 is 14.8 Å². The molecule has 19 heavy (non-hydrogen) atoms. The van der Waals surface area contributed by atoms with Crippen molar-refractivity contribution in [1.29, 1.82) is 0 Å². The molecule has 0 aliphatic rings. The van der Waals surface area contributed by atoms with E-state index < -0.39 is 7.12 Å². The first-order chi connectivity index (χ1) is 9.24. The number of nitrogens with zero attached hydrogens (tertiary/aromatic N) is 1. The van der Waals surface area contributed by atoms with E-state index in [1.807, 2.05) is 0 Å². The summed E-state index contributed by atoms with van der Waals surface area (Å²) in [5.74, 6) is 0.594. The van der Waals surface area contributed by atoms with E-state index in [1.54, 1.807) is 12.3 Å². The summed E-state index contributed by atoms with van der Waals surface area (Å²) in [6.07, 6.45) is 11.7. The summed E-state index contributed by atoms with van der Waals surface area (Å²) in [4.78, 5) is 3.91. The lowest BCUT2D eigenvalue weighted by atomic mass is 9.82. The molecule has 0 radical (unpaired) electrons. The molecule has 0 aromatic carbocycles. The third-order valence-electron chi connectivity index (χ3n) is 3.05. The highest BCUT2D eigenvalue weighted by Crippen LogP contribution is 2.09. The van der Waals surface area contributed by atoms with Crippen LogP contribution < -0.4 is 10.2 Å². The van der Waals surface area contributed by atoms with E-state index in [9.17, 15) is 0 Å². The van der Waals surface area contributed by atoms with Crippen molar-refractivity contribution >= 4 is 12.6 Å². The van der Waals surface area contributed by atoms with Gasteiger partial charge in [0, 0.05) is 11.7 Å². The van der Waals surface area contributed by atoms with Crippen LogP contribution in [0, 0.1) is 0 Å². The molecule has 1 rings (SSSR count). The van der Waals surface area contributed by atoms with E-state index in [0.29, 0.717) is 17.8 Å². The number of rotatable bonds is 10. The van der Waals surface area contributed by atoms with E-state index in [4.69, 9.17) is 14.8 Å². The van der Waals surface area contributed by atoms with Gasteiger partial charge in [-0.25, -0.2) is 0 Å². The Balaban J connectivity index is 2.10. The molecule has 5 heteroatoms. The number of hydrogen-bond acceptors (Lipinski definition) is 4. The number of hydrogen-bond donors (Lipinski definition) is 2. The van der Waals surface area contributed by atoms with Crippen LogP contribution in [-0.4, -0.2) is 28.8 Å². The molecular formula is C14H24BNO3. The van der Waals surface area contributed by atoms with Crippen molar-refractivity contribution in [2.45, 2.75) is 51.9 Å². The van der Waals surface area contributed by atoms with Crippen molar-refractivity contribution in [3.63, 3.8) is 0 Å². The molecule has 4 nitrogen and oxygen atoms in total. The molecule has 2 N–H and O–H groups in total. The Morgan fingerprint density at radius 2 is 1.74 bits per heavy atom. The lowest BCUT2D eigenvalue weighted by Gasteiger charge is -2.07. The van der Waals surface area contributed by atoms with E-state index in [2.05, 4.69) is 11.9 Å². The molecule has 106 valence electrons. The lowest BCUT2D eigenvalue weighted by molar-refractivity contribution is 0.303. The summed E-state index contributed by atoms with van der Waals surface area (Å²) in [5, 5.41) is 18.0. The molecule has 0 unspecified atom stereocenters. The molecule has 0 spiro atoms. The first kappa shape index (κ1) is 16.0. The Morgan fingerprint density at radius 3 is 2.42 bits per heavy atom. The van der Waals surface area contributed by atoms with Crippen molar-refractivity contribution in [3.05, 3.63) is 18.5 Å². The van der Waals surface area contributed by atoms with Gasteiger partial charge in [0.1, 0.15) is 5.75 Å². The molecule has 1 heterocycles. The standard InChI is InChI=1S/C14H24BNO3/c1-2-3-4-5-6-7-8-9-19-14-10-13(15(17)18)11-16-12-14/h10-12,17-18H,2-9H2,1H3. The largest absolute Gasteiger partial charge is 0.492 e. The minimum Gasteiger partial charge on any atom is -0.492 e. The first-order valence-electron chi connectivity index (χ1n) is 7.18. The number of ether oxygens (including phenoxy) is 1. The van der Waals surface area contributed by atoms with Crippen molar-refractivity contribution in [1.82, 2.24) is 4.98 Å². The van der Waals surface area contributed by atoms with Crippen molar-refractivity contribution in [2.24, 2.45) is 0 Å². The quantitative estimate of drug-likeness (QED) is 0.501. The Labute approximate surface area is 116 Å². The maximum Gasteiger partial charge on any atom is 0.490 e. The minimum absolute atomic E-state index is 0.358. The summed E-state index contributed by atoms with van der Waals surface area (Å²) in [5.41, 5.74) is 0.358. The van der Waals surface area contributed by atoms with Crippen LogP contribution in [0.4, 0.5) is 0 Å². The van der Waals surface area contributed by atoms with Crippen molar-refractivity contribution < 1.29 is 14.8 Å². The van der Waals surface area contributed by atoms with Crippen molar-refractivity contribution in [3.8, 4) is 5.75 Å². The SMILES string of the molecule is CCCCCCCCCOc1cncc(B(O)O)c1. The molecule has 0 aliphatic heterocycles. The molecule has 0 fully saturated rings. The van der Waals surface area contributed by atoms with Gasteiger partial charge in [-0.1, -0.05) is 45.4 Å². The lowest BCUT2D eigenvalue weighted by Crippen LogP contribution is -2.30. The molecule has 0 saturated heterocycles. The molecule has 1 aromatic heterocycles. The summed E-state index contributed by atoms with van der Waals surface area (Å²) < 4.78 is 5.54. The van der Waals surface area contributed by atoms with E-state index in [1.165, 1.54) is 44.7 Å². The Hall–Kier alpha value is -1.07. The molecule has 0 bridgehead atoms. The first-order valence-corrected chi connectivity index (χ1v) is 7.18. The monoisotopic (exact) mass is 265 g/mol. The van der Waals surface area contributed by atoms with Crippen LogP contribution in [0.3, 0.4) is 0 Å². The normalized spacial score (nSPS) is 10.5. The Morgan fingerprint density at radius 1 is 1.05 bits per heavy atom. The van der Waals surface area contributed by atoms with Crippen LogP contribution in [0.15, 0.2) is 18.5 Å². The highest BCUT2D eigenvalue weighted by atomic mass is 16.5. The van der Waals surface area contributed by atoms with Crippen LogP contribution >= 0.6 is 0 Å². The van der Waals surface area contributed by atoms with Crippen LogP contribution in [0.5, 0.6) is 5.75 Å². The second-order valence-corrected chi connectivity index (χ2v) is 4.80. The summed E-state index contributed by atoms with van der Waals surface area (Å²) in [6, 6.07) is 1.61. The molecular weight excluding hydrogens is 241 g/mol. The zero-order valence-electron chi connectivity index (χ0n) is 11.7. The van der Waals surface area contributed by atoms with E-state index >= 15 is 0 Å². The molecule has 0 aliphatic carbocycles. The fourth-order valence-electron chi connectivity index (χ4n) is 1.90. The Bertz CT molecular complexity index is 347. The second kappa shape index (κ2) is 9.81. The minimum atomic E-state index is -1.49. The maximum atomic E-state index is 9.02. The fraction of sp³-hybridized carbons (Fsp3) is 0.643. The van der Waals surface area contributed by atoms with Crippen LogP contribution in [0.2, 0.25) is 0 Å². The van der Waals surface area contributed by atoms with Crippen molar-refractivity contribution in [2.75, 3.05) is 6.61 Å². The maximum absolute atomic E-state index is 9.02. The average Bonchev–Trinajstić information content (AvgIpc) is 2.42. The van der Waals surface area contributed by atoms with Gasteiger partial charge in [-0.2, -0.15) is 0 Å². The summed E-state index contributed by atoms with van der Waals surface area (Å²) >= 11 is 0. The summed E-state index contributed by atoms with van der Waals surface area (Å²) in [6.45, 7) is 2.87. The van der Waals surface area contributed by atoms with Gasteiger partial charge in [-0.3, -0.25) is 4.98 Å². The van der Waals surface area contributed by atoms with Gasteiger partial charge in [-0.05, 0) is 12.5 Å². The van der Waals surface area contributed by atoms with Gasteiger partial charge in [0.15, 0.2) is 0 Å². The number of aromatic nitrogens is 1. The van der Waals surface area contributed by atoms with E-state index in [-0.39, 0.29) is 0 Å². The highest BCUT2D eigenvalue weighted by molar-refractivity contribution is 6.58. The fourth-order valence-corrected chi connectivity index (χ4v) is 1.90. The predicted octanol–water partition coefficient (Wildman–Crippen LogP) is 1.89. The zero-order valence-corrected chi connectivity index (χ0v) is 11.7. The third kappa shape index (κ3) is 7.18. The van der Waals surface area contributed by atoms with Crippen LogP contribution in [0.25, 0.3) is 0 Å².